The molecule has 1 atom stereocenters. The molecule has 0 saturated heterocycles. The van der Waals surface area contributed by atoms with E-state index in [2.05, 4.69) is 10.3 Å². The van der Waals surface area contributed by atoms with Crippen molar-refractivity contribution >= 4 is 17.2 Å². The summed E-state index contributed by atoms with van der Waals surface area (Å²) >= 11 is 0. The van der Waals surface area contributed by atoms with Crippen molar-refractivity contribution in [2.24, 2.45) is 0 Å². The first-order valence-electron chi connectivity index (χ1n) is 4.85. The van der Waals surface area contributed by atoms with Crippen LogP contribution >= 0.6 is 0 Å². The molecule has 3 heteroatoms. The van der Waals surface area contributed by atoms with E-state index in [4.69, 9.17) is 0 Å². The molecule has 0 fully saturated rings. The van der Waals surface area contributed by atoms with Gasteiger partial charge in [0.2, 0.25) is 6.41 Å². The van der Waals surface area contributed by atoms with E-state index in [1.165, 1.54) is 0 Å². The molecule has 0 spiro atoms. The fourth-order valence-electron chi connectivity index (χ4n) is 1.71. The molecule has 0 bridgehead atoms. The van der Waals surface area contributed by atoms with Crippen LogP contribution < -0.4 is 5.32 Å². The SMILES string of the molecule is C[C@@H](NC=O)c1cccc2ccncc12. The van der Waals surface area contributed by atoms with Crippen molar-refractivity contribution in [3.8, 4) is 0 Å². The minimum Gasteiger partial charge on any atom is -0.352 e. The Kier molecular flexibility index (Phi) is 2.63. The summed E-state index contributed by atoms with van der Waals surface area (Å²) in [7, 11) is 0. The van der Waals surface area contributed by atoms with Crippen molar-refractivity contribution in [1.82, 2.24) is 10.3 Å². The highest BCUT2D eigenvalue weighted by molar-refractivity contribution is 5.85. The predicted octanol–water partition coefficient (Wildman–Crippen LogP) is 2.04. The summed E-state index contributed by atoms with van der Waals surface area (Å²) in [6, 6.07) is 8.00. The van der Waals surface area contributed by atoms with Crippen LogP contribution in [0.1, 0.15) is 18.5 Å². The zero-order valence-corrected chi connectivity index (χ0v) is 8.47. The number of amides is 1. The third-order valence-electron chi connectivity index (χ3n) is 2.50. The lowest BCUT2D eigenvalue weighted by molar-refractivity contribution is -0.110. The average Bonchev–Trinajstić information content (AvgIpc) is 2.28. The zero-order chi connectivity index (χ0) is 10.7. The Hall–Kier alpha value is -1.90. The lowest BCUT2D eigenvalue weighted by Gasteiger charge is -2.12. The maximum absolute atomic E-state index is 10.4. The van der Waals surface area contributed by atoms with Gasteiger partial charge in [-0.2, -0.15) is 0 Å². The van der Waals surface area contributed by atoms with E-state index >= 15 is 0 Å². The van der Waals surface area contributed by atoms with Gasteiger partial charge in [0.25, 0.3) is 0 Å². The van der Waals surface area contributed by atoms with Crippen LogP contribution in [0.15, 0.2) is 36.7 Å². The Morgan fingerprint density at radius 2 is 2.27 bits per heavy atom. The Balaban J connectivity index is 2.55. The van der Waals surface area contributed by atoms with Gasteiger partial charge in [0, 0.05) is 17.8 Å². The molecule has 2 aromatic rings. The molecule has 1 amide bonds. The molecule has 0 aliphatic heterocycles. The molecular formula is C12H12N2O. The molecule has 1 aromatic heterocycles. The maximum Gasteiger partial charge on any atom is 0.207 e. The van der Waals surface area contributed by atoms with Gasteiger partial charge in [0.1, 0.15) is 0 Å². The van der Waals surface area contributed by atoms with Crippen molar-refractivity contribution in [2.75, 3.05) is 0 Å². The molecule has 76 valence electrons. The van der Waals surface area contributed by atoms with E-state index in [-0.39, 0.29) is 6.04 Å². The number of pyridine rings is 1. The van der Waals surface area contributed by atoms with Crippen LogP contribution in [0.3, 0.4) is 0 Å². The molecule has 0 aliphatic carbocycles. The smallest absolute Gasteiger partial charge is 0.207 e. The topological polar surface area (TPSA) is 42.0 Å². The number of benzene rings is 1. The minimum atomic E-state index is 0.00963. The minimum absolute atomic E-state index is 0.00963. The van der Waals surface area contributed by atoms with E-state index in [1.807, 2.05) is 37.4 Å². The Morgan fingerprint density at radius 3 is 3.07 bits per heavy atom. The van der Waals surface area contributed by atoms with Crippen LogP contribution in [0.4, 0.5) is 0 Å². The van der Waals surface area contributed by atoms with Gasteiger partial charge in [-0.3, -0.25) is 9.78 Å². The Labute approximate surface area is 88.1 Å². The first kappa shape index (κ1) is 9.65. The lowest BCUT2D eigenvalue weighted by Crippen LogP contribution is -2.16. The summed E-state index contributed by atoms with van der Waals surface area (Å²) < 4.78 is 0. The quantitative estimate of drug-likeness (QED) is 0.770. The van der Waals surface area contributed by atoms with Crippen molar-refractivity contribution in [1.29, 1.82) is 0 Å². The highest BCUT2D eigenvalue weighted by atomic mass is 16.1. The van der Waals surface area contributed by atoms with Crippen LogP contribution in [-0.4, -0.2) is 11.4 Å². The molecule has 3 nitrogen and oxygen atoms in total. The number of hydrogen-bond acceptors (Lipinski definition) is 2. The monoisotopic (exact) mass is 200 g/mol. The number of nitrogens with one attached hydrogen (secondary N) is 1. The van der Waals surface area contributed by atoms with Crippen molar-refractivity contribution in [3.63, 3.8) is 0 Å². The van der Waals surface area contributed by atoms with E-state index in [0.717, 1.165) is 22.7 Å². The van der Waals surface area contributed by atoms with E-state index in [1.54, 1.807) is 6.20 Å². The molecule has 0 aliphatic rings. The highest BCUT2D eigenvalue weighted by Gasteiger charge is 2.07. The first-order chi connectivity index (χ1) is 7.33. The predicted molar refractivity (Wildman–Crippen MR) is 59.4 cm³/mol. The highest BCUT2D eigenvalue weighted by Crippen LogP contribution is 2.22. The van der Waals surface area contributed by atoms with Gasteiger partial charge >= 0.3 is 0 Å². The normalized spacial score (nSPS) is 12.3. The molecular weight excluding hydrogens is 188 g/mol. The average molecular weight is 200 g/mol. The van der Waals surface area contributed by atoms with E-state index < -0.39 is 0 Å². The number of nitrogens with zero attached hydrogens (tertiary/aromatic N) is 1. The van der Waals surface area contributed by atoms with Crippen LogP contribution in [0, 0.1) is 0 Å². The lowest BCUT2D eigenvalue weighted by atomic mass is 10.0. The van der Waals surface area contributed by atoms with Gasteiger partial charge in [0.05, 0.1) is 6.04 Å². The summed E-state index contributed by atoms with van der Waals surface area (Å²) in [4.78, 5) is 14.5. The van der Waals surface area contributed by atoms with Gasteiger partial charge in [-0.1, -0.05) is 18.2 Å². The fraction of sp³-hybridized carbons (Fsp3) is 0.167. The van der Waals surface area contributed by atoms with Crippen LogP contribution in [0.25, 0.3) is 10.8 Å². The second-order valence-corrected chi connectivity index (χ2v) is 3.45. The van der Waals surface area contributed by atoms with Crippen LogP contribution in [-0.2, 0) is 4.79 Å². The number of aromatic nitrogens is 1. The molecule has 0 radical (unpaired) electrons. The number of fused-ring (bicyclic) bond motifs is 1. The van der Waals surface area contributed by atoms with Crippen LogP contribution in [0.5, 0.6) is 0 Å². The summed E-state index contributed by atoms with van der Waals surface area (Å²) in [5.41, 5.74) is 1.09. The second kappa shape index (κ2) is 4.09. The molecule has 1 heterocycles. The standard InChI is InChI=1S/C12H12N2O/c1-9(14-8-15)11-4-2-3-10-5-6-13-7-12(10)11/h2-9H,1H3,(H,14,15)/t9-/m1/s1. The third-order valence-corrected chi connectivity index (χ3v) is 2.50. The summed E-state index contributed by atoms with van der Waals surface area (Å²) in [6.45, 7) is 1.95. The first-order valence-corrected chi connectivity index (χ1v) is 4.85. The summed E-state index contributed by atoms with van der Waals surface area (Å²) in [5, 5.41) is 4.97. The zero-order valence-electron chi connectivity index (χ0n) is 8.47. The van der Waals surface area contributed by atoms with Gasteiger partial charge in [-0.25, -0.2) is 0 Å². The number of carbonyl (C=O) groups excluding carboxylic acids is 1. The van der Waals surface area contributed by atoms with Crippen molar-refractivity contribution in [3.05, 3.63) is 42.2 Å². The third kappa shape index (κ3) is 1.81. The van der Waals surface area contributed by atoms with Crippen molar-refractivity contribution < 1.29 is 4.79 Å². The maximum atomic E-state index is 10.4. The summed E-state index contributed by atoms with van der Waals surface area (Å²) in [5.74, 6) is 0. The van der Waals surface area contributed by atoms with Gasteiger partial charge in [-0.05, 0) is 23.9 Å². The number of carbonyl (C=O) groups is 1. The van der Waals surface area contributed by atoms with Crippen molar-refractivity contribution in [2.45, 2.75) is 13.0 Å². The molecule has 0 unspecified atom stereocenters. The summed E-state index contributed by atoms with van der Waals surface area (Å²) in [6.07, 6.45) is 4.32. The van der Waals surface area contributed by atoms with Gasteiger partial charge < -0.3 is 5.32 Å². The Bertz CT molecular complexity index is 477. The molecule has 0 saturated carbocycles. The van der Waals surface area contributed by atoms with Crippen LogP contribution in [0.2, 0.25) is 0 Å². The van der Waals surface area contributed by atoms with Gasteiger partial charge in [-0.15, -0.1) is 0 Å². The Morgan fingerprint density at radius 1 is 1.40 bits per heavy atom. The second-order valence-electron chi connectivity index (χ2n) is 3.45. The molecule has 2 rings (SSSR count). The fourth-order valence-corrected chi connectivity index (χ4v) is 1.71. The molecule has 15 heavy (non-hydrogen) atoms. The van der Waals surface area contributed by atoms with Gasteiger partial charge in [0.15, 0.2) is 0 Å². The largest absolute Gasteiger partial charge is 0.352 e. The van der Waals surface area contributed by atoms with E-state index in [0.29, 0.717) is 0 Å². The van der Waals surface area contributed by atoms with E-state index in [9.17, 15) is 4.79 Å². The number of hydrogen-bond donors (Lipinski definition) is 1. The number of rotatable bonds is 3. The molecule has 1 N–H and O–H groups in total. The molecule has 1 aromatic carbocycles.